The van der Waals surface area contributed by atoms with Crippen LogP contribution in [-0.2, 0) is 10.9 Å². The number of aromatic nitrogens is 1. The average Bonchev–Trinajstić information content (AvgIpc) is 2.37. The Kier molecular flexibility index (Phi) is 4.37. The third kappa shape index (κ3) is 3.75. The molecule has 0 saturated carbocycles. The van der Waals surface area contributed by atoms with E-state index in [0.717, 1.165) is 25.0 Å². The molecule has 7 heteroatoms. The van der Waals surface area contributed by atoms with Gasteiger partial charge >= 0.3 is 6.18 Å². The van der Waals surface area contributed by atoms with Crippen LogP contribution in [0.1, 0.15) is 25.3 Å². The summed E-state index contributed by atoms with van der Waals surface area (Å²) < 4.78 is 43.9. The van der Waals surface area contributed by atoms with Gasteiger partial charge in [0, 0.05) is 19.7 Å². The summed E-state index contributed by atoms with van der Waals surface area (Å²) in [6, 6.07) is 2.12. The molecule has 2 unspecified atom stereocenters. The van der Waals surface area contributed by atoms with Gasteiger partial charge in [0.15, 0.2) is 0 Å². The topological polar surface area (TPSA) is 46.2 Å². The van der Waals surface area contributed by atoms with Crippen molar-refractivity contribution in [1.29, 1.82) is 0 Å². The number of nitrogens with zero attached hydrogens (tertiary/aromatic N) is 1. The van der Waals surface area contributed by atoms with Crippen LogP contribution in [0.4, 0.5) is 24.8 Å². The second kappa shape index (κ2) is 5.87. The predicted molar refractivity (Wildman–Crippen MR) is 70.8 cm³/mol. The first-order chi connectivity index (χ1) is 9.38. The molecule has 1 saturated heterocycles. The van der Waals surface area contributed by atoms with Crippen molar-refractivity contribution in [3.05, 3.63) is 17.7 Å². The normalized spacial score (nSPS) is 23.4. The fourth-order valence-corrected chi connectivity index (χ4v) is 2.23. The van der Waals surface area contributed by atoms with E-state index in [0.29, 0.717) is 6.61 Å². The van der Waals surface area contributed by atoms with E-state index < -0.39 is 11.7 Å². The van der Waals surface area contributed by atoms with E-state index in [-0.39, 0.29) is 23.8 Å². The lowest BCUT2D eigenvalue weighted by atomic mass is 10.0. The van der Waals surface area contributed by atoms with Crippen molar-refractivity contribution < 1.29 is 17.9 Å². The molecule has 0 amide bonds. The maximum Gasteiger partial charge on any atom is 0.416 e. The van der Waals surface area contributed by atoms with Gasteiger partial charge in [-0.05, 0) is 31.9 Å². The fraction of sp³-hybridized carbons (Fsp3) is 0.615. The van der Waals surface area contributed by atoms with Gasteiger partial charge in [0.1, 0.15) is 11.6 Å². The van der Waals surface area contributed by atoms with Crippen LogP contribution in [0.15, 0.2) is 12.1 Å². The van der Waals surface area contributed by atoms with Gasteiger partial charge in [0.25, 0.3) is 0 Å². The molecule has 2 heterocycles. The molecule has 2 rings (SSSR count). The van der Waals surface area contributed by atoms with Crippen LogP contribution >= 0.6 is 0 Å². The molecule has 1 aliphatic heterocycles. The van der Waals surface area contributed by atoms with E-state index in [9.17, 15) is 13.2 Å². The summed E-state index contributed by atoms with van der Waals surface area (Å²) in [6.45, 7) is 2.56. The maximum absolute atomic E-state index is 12.8. The first-order valence-electron chi connectivity index (χ1n) is 6.53. The predicted octanol–water partition coefficient (Wildman–Crippen LogP) is 3.12. The van der Waals surface area contributed by atoms with Gasteiger partial charge in [-0.15, -0.1) is 0 Å². The van der Waals surface area contributed by atoms with E-state index >= 15 is 0 Å². The van der Waals surface area contributed by atoms with Gasteiger partial charge in [-0.1, -0.05) is 0 Å². The molecule has 0 bridgehead atoms. The second-order valence-corrected chi connectivity index (χ2v) is 4.92. The van der Waals surface area contributed by atoms with Crippen LogP contribution < -0.4 is 10.6 Å². The molecule has 112 valence electrons. The monoisotopic (exact) mass is 289 g/mol. The van der Waals surface area contributed by atoms with Gasteiger partial charge in [0.05, 0.1) is 11.7 Å². The van der Waals surface area contributed by atoms with Crippen LogP contribution in [0.2, 0.25) is 0 Å². The van der Waals surface area contributed by atoms with Gasteiger partial charge < -0.3 is 15.4 Å². The summed E-state index contributed by atoms with van der Waals surface area (Å²) in [5, 5.41) is 5.72. The Labute approximate surface area is 115 Å². The number of nitrogens with one attached hydrogen (secondary N) is 2. The lowest BCUT2D eigenvalue weighted by Gasteiger charge is -2.28. The third-order valence-electron chi connectivity index (χ3n) is 3.25. The van der Waals surface area contributed by atoms with Crippen molar-refractivity contribution in [3.63, 3.8) is 0 Å². The van der Waals surface area contributed by atoms with E-state index in [1.54, 1.807) is 7.05 Å². The summed E-state index contributed by atoms with van der Waals surface area (Å²) in [6.07, 6.45) is -2.76. The molecule has 0 aliphatic carbocycles. The molecule has 2 atom stereocenters. The minimum absolute atomic E-state index is 0.0828. The fourth-order valence-electron chi connectivity index (χ4n) is 2.23. The Hall–Kier alpha value is -1.50. The molecule has 4 nitrogen and oxygen atoms in total. The van der Waals surface area contributed by atoms with Crippen molar-refractivity contribution in [3.8, 4) is 0 Å². The molecule has 0 spiro atoms. The Bertz CT molecular complexity index is 465. The average molecular weight is 289 g/mol. The molecule has 1 fully saturated rings. The highest BCUT2D eigenvalue weighted by molar-refractivity contribution is 5.50. The van der Waals surface area contributed by atoms with Crippen LogP contribution in [-0.4, -0.2) is 30.8 Å². The molecule has 1 aromatic heterocycles. The number of alkyl halides is 3. The molecule has 1 aromatic rings. The van der Waals surface area contributed by atoms with Crippen molar-refractivity contribution in [2.45, 2.75) is 38.1 Å². The van der Waals surface area contributed by atoms with Crippen molar-refractivity contribution in [2.24, 2.45) is 0 Å². The van der Waals surface area contributed by atoms with E-state index in [4.69, 9.17) is 4.74 Å². The van der Waals surface area contributed by atoms with Crippen molar-refractivity contribution in [1.82, 2.24) is 4.98 Å². The van der Waals surface area contributed by atoms with Gasteiger partial charge in [-0.3, -0.25) is 0 Å². The molecule has 0 aromatic carbocycles. The lowest BCUT2D eigenvalue weighted by Crippen LogP contribution is -2.32. The van der Waals surface area contributed by atoms with Gasteiger partial charge in [-0.25, -0.2) is 4.98 Å². The molecular weight excluding hydrogens is 271 g/mol. The Morgan fingerprint density at radius 1 is 1.30 bits per heavy atom. The van der Waals surface area contributed by atoms with Crippen LogP contribution in [0.5, 0.6) is 0 Å². The Balaban J connectivity index is 2.18. The molecule has 1 aliphatic rings. The molecule has 0 radical (unpaired) electrons. The zero-order chi connectivity index (χ0) is 14.8. The van der Waals surface area contributed by atoms with Crippen molar-refractivity contribution in [2.75, 3.05) is 24.3 Å². The van der Waals surface area contributed by atoms with Crippen LogP contribution in [0, 0.1) is 0 Å². The minimum Gasteiger partial charge on any atom is -0.378 e. The number of hydrogen-bond donors (Lipinski definition) is 2. The Morgan fingerprint density at radius 2 is 2.00 bits per heavy atom. The number of pyridine rings is 1. The number of hydrogen-bond acceptors (Lipinski definition) is 4. The number of rotatable bonds is 3. The van der Waals surface area contributed by atoms with E-state index in [1.165, 1.54) is 0 Å². The SMILES string of the molecule is CNc1cc(C(F)(F)F)cc(NC2CCOC(C)C2)n1. The maximum atomic E-state index is 12.8. The smallest absolute Gasteiger partial charge is 0.378 e. The summed E-state index contributed by atoms with van der Waals surface area (Å²) in [4.78, 5) is 4.12. The summed E-state index contributed by atoms with van der Waals surface area (Å²) in [7, 11) is 1.54. The van der Waals surface area contributed by atoms with Gasteiger partial charge in [-0.2, -0.15) is 13.2 Å². The second-order valence-electron chi connectivity index (χ2n) is 4.92. The number of halogens is 3. The molecule has 20 heavy (non-hydrogen) atoms. The lowest BCUT2D eigenvalue weighted by molar-refractivity contribution is -0.137. The standard InChI is InChI=1S/C13H18F3N3O/c1-8-5-10(3-4-20-8)18-12-7-9(13(14,15)16)6-11(17-2)19-12/h6-8,10H,3-5H2,1-2H3,(H2,17,18,19). The summed E-state index contributed by atoms with van der Waals surface area (Å²) in [5.74, 6) is 0.436. The summed E-state index contributed by atoms with van der Waals surface area (Å²) >= 11 is 0. The van der Waals surface area contributed by atoms with Gasteiger partial charge in [0.2, 0.25) is 0 Å². The van der Waals surface area contributed by atoms with Crippen LogP contribution in [0.25, 0.3) is 0 Å². The minimum atomic E-state index is -4.38. The largest absolute Gasteiger partial charge is 0.416 e. The Morgan fingerprint density at radius 3 is 2.60 bits per heavy atom. The first-order valence-corrected chi connectivity index (χ1v) is 6.53. The third-order valence-corrected chi connectivity index (χ3v) is 3.25. The van der Waals surface area contributed by atoms with E-state index in [2.05, 4.69) is 15.6 Å². The summed E-state index contributed by atoms with van der Waals surface area (Å²) in [5.41, 5.74) is -0.709. The first kappa shape index (κ1) is 14.9. The highest BCUT2D eigenvalue weighted by atomic mass is 19.4. The number of ether oxygens (including phenoxy) is 1. The molecule has 2 N–H and O–H groups in total. The van der Waals surface area contributed by atoms with Crippen LogP contribution in [0.3, 0.4) is 0 Å². The van der Waals surface area contributed by atoms with Crippen molar-refractivity contribution >= 4 is 11.6 Å². The van der Waals surface area contributed by atoms with E-state index in [1.807, 2.05) is 6.92 Å². The zero-order valence-corrected chi connectivity index (χ0v) is 11.4. The number of anilines is 2. The highest BCUT2D eigenvalue weighted by Gasteiger charge is 2.32. The quantitative estimate of drug-likeness (QED) is 0.897. The highest BCUT2D eigenvalue weighted by Crippen LogP contribution is 2.32. The zero-order valence-electron chi connectivity index (χ0n) is 11.4. The molecular formula is C13H18F3N3O.